The summed E-state index contributed by atoms with van der Waals surface area (Å²) in [5.41, 5.74) is 1.45. The van der Waals surface area contributed by atoms with Gasteiger partial charge in [-0.2, -0.15) is 5.10 Å². The van der Waals surface area contributed by atoms with Crippen LogP contribution < -0.4 is 0 Å². The molecule has 84 valence electrons. The highest BCUT2D eigenvalue weighted by molar-refractivity contribution is 5.94. The Labute approximate surface area is 92.6 Å². The monoisotopic (exact) mass is 220 g/mol. The van der Waals surface area contributed by atoms with E-state index in [4.69, 9.17) is 4.74 Å². The van der Waals surface area contributed by atoms with Crippen molar-refractivity contribution in [3.63, 3.8) is 0 Å². The van der Waals surface area contributed by atoms with E-state index in [0.29, 0.717) is 12.3 Å². The zero-order valence-electron chi connectivity index (χ0n) is 9.14. The summed E-state index contributed by atoms with van der Waals surface area (Å²) in [6, 6.07) is 5.29. The molecule has 5 nitrogen and oxygen atoms in total. The standard InChI is InChI=1S/C11H12N2O3/c1-15-7-13-10-4-3-8(11(14)16-2)5-9(10)6-12-13/h3-6H,7H2,1-2H3. The van der Waals surface area contributed by atoms with Crippen LogP contribution in [0.4, 0.5) is 0 Å². The third kappa shape index (κ3) is 1.77. The quantitative estimate of drug-likeness (QED) is 0.734. The van der Waals surface area contributed by atoms with Crippen molar-refractivity contribution in [2.45, 2.75) is 6.73 Å². The van der Waals surface area contributed by atoms with E-state index in [-0.39, 0.29) is 5.97 Å². The maximum atomic E-state index is 11.3. The van der Waals surface area contributed by atoms with E-state index in [1.54, 1.807) is 30.1 Å². The number of ether oxygens (including phenoxy) is 2. The molecule has 2 aromatic rings. The van der Waals surface area contributed by atoms with Crippen molar-refractivity contribution in [3.8, 4) is 0 Å². The summed E-state index contributed by atoms with van der Waals surface area (Å²) in [6.07, 6.45) is 1.70. The average Bonchev–Trinajstić information content (AvgIpc) is 2.71. The molecule has 0 bridgehead atoms. The third-order valence-corrected chi connectivity index (χ3v) is 2.31. The second-order valence-electron chi connectivity index (χ2n) is 3.33. The molecule has 0 aliphatic heterocycles. The SMILES string of the molecule is COCn1ncc2cc(C(=O)OC)ccc21. The van der Waals surface area contributed by atoms with Gasteiger partial charge in [0.2, 0.25) is 0 Å². The van der Waals surface area contributed by atoms with Gasteiger partial charge in [0, 0.05) is 12.5 Å². The zero-order chi connectivity index (χ0) is 11.5. The van der Waals surface area contributed by atoms with Gasteiger partial charge in [-0.3, -0.25) is 0 Å². The maximum absolute atomic E-state index is 11.3. The van der Waals surface area contributed by atoms with Crippen LogP contribution in [0.3, 0.4) is 0 Å². The highest BCUT2D eigenvalue weighted by Gasteiger charge is 2.08. The normalized spacial score (nSPS) is 10.6. The highest BCUT2D eigenvalue weighted by atomic mass is 16.5. The summed E-state index contributed by atoms with van der Waals surface area (Å²) in [6.45, 7) is 0.390. The van der Waals surface area contributed by atoms with Crippen molar-refractivity contribution in [1.29, 1.82) is 0 Å². The molecular weight excluding hydrogens is 208 g/mol. The van der Waals surface area contributed by atoms with Crippen LogP contribution >= 0.6 is 0 Å². The predicted molar refractivity (Wildman–Crippen MR) is 58.1 cm³/mol. The van der Waals surface area contributed by atoms with Crippen LogP contribution in [0.25, 0.3) is 10.9 Å². The number of fused-ring (bicyclic) bond motifs is 1. The first-order valence-corrected chi connectivity index (χ1v) is 4.79. The van der Waals surface area contributed by atoms with E-state index in [2.05, 4.69) is 9.84 Å². The number of benzene rings is 1. The van der Waals surface area contributed by atoms with Crippen molar-refractivity contribution in [2.75, 3.05) is 14.2 Å². The largest absolute Gasteiger partial charge is 0.465 e. The van der Waals surface area contributed by atoms with Gasteiger partial charge in [-0.25, -0.2) is 9.48 Å². The molecule has 5 heteroatoms. The Morgan fingerprint density at radius 3 is 2.94 bits per heavy atom. The third-order valence-electron chi connectivity index (χ3n) is 2.31. The Hall–Kier alpha value is -1.88. The van der Waals surface area contributed by atoms with Crippen molar-refractivity contribution in [3.05, 3.63) is 30.0 Å². The van der Waals surface area contributed by atoms with Gasteiger partial charge < -0.3 is 9.47 Å². The van der Waals surface area contributed by atoms with Crippen LogP contribution in [0.1, 0.15) is 10.4 Å². The number of aromatic nitrogens is 2. The van der Waals surface area contributed by atoms with Gasteiger partial charge in [-0.15, -0.1) is 0 Å². The molecule has 0 aliphatic rings. The molecule has 0 radical (unpaired) electrons. The van der Waals surface area contributed by atoms with E-state index in [1.807, 2.05) is 6.07 Å². The van der Waals surface area contributed by atoms with Gasteiger partial charge in [0.25, 0.3) is 0 Å². The summed E-state index contributed by atoms with van der Waals surface area (Å²) in [7, 11) is 2.97. The summed E-state index contributed by atoms with van der Waals surface area (Å²) in [5.74, 6) is -0.346. The van der Waals surface area contributed by atoms with Crippen LogP contribution in [0.15, 0.2) is 24.4 Å². The topological polar surface area (TPSA) is 53.4 Å². The fraction of sp³-hybridized carbons (Fsp3) is 0.273. The number of methoxy groups -OCH3 is 2. The van der Waals surface area contributed by atoms with E-state index < -0.39 is 0 Å². The molecule has 0 atom stereocenters. The lowest BCUT2D eigenvalue weighted by atomic mass is 10.1. The number of carbonyl (C=O) groups excluding carboxylic acids is 1. The Bertz CT molecular complexity index is 519. The molecule has 0 spiro atoms. The average molecular weight is 220 g/mol. The van der Waals surface area contributed by atoms with E-state index in [0.717, 1.165) is 10.9 Å². The van der Waals surface area contributed by atoms with Crippen molar-refractivity contribution >= 4 is 16.9 Å². The molecule has 0 aliphatic carbocycles. The predicted octanol–water partition coefficient (Wildman–Crippen LogP) is 1.43. The van der Waals surface area contributed by atoms with Gasteiger partial charge in [0.15, 0.2) is 0 Å². The van der Waals surface area contributed by atoms with E-state index >= 15 is 0 Å². The van der Waals surface area contributed by atoms with Crippen LogP contribution in [0.5, 0.6) is 0 Å². The summed E-state index contributed by atoms with van der Waals surface area (Å²) in [4.78, 5) is 11.3. The number of hydrogen-bond donors (Lipinski definition) is 0. The summed E-state index contributed by atoms with van der Waals surface area (Å²) < 4.78 is 11.4. The van der Waals surface area contributed by atoms with Gasteiger partial charge in [-0.1, -0.05) is 0 Å². The van der Waals surface area contributed by atoms with Crippen molar-refractivity contribution in [1.82, 2.24) is 9.78 Å². The number of esters is 1. The van der Waals surface area contributed by atoms with Crippen molar-refractivity contribution in [2.24, 2.45) is 0 Å². The second-order valence-corrected chi connectivity index (χ2v) is 3.33. The molecule has 0 fully saturated rings. The van der Waals surface area contributed by atoms with Crippen LogP contribution in [0.2, 0.25) is 0 Å². The Morgan fingerprint density at radius 1 is 1.44 bits per heavy atom. The number of rotatable bonds is 3. The molecule has 1 aromatic heterocycles. The lowest BCUT2D eigenvalue weighted by molar-refractivity contribution is 0.0601. The lowest BCUT2D eigenvalue weighted by Gasteiger charge is -2.02. The van der Waals surface area contributed by atoms with Gasteiger partial charge >= 0.3 is 5.97 Å². The minimum absolute atomic E-state index is 0.346. The summed E-state index contributed by atoms with van der Waals surface area (Å²) in [5, 5.41) is 5.04. The first-order chi connectivity index (χ1) is 7.76. The van der Waals surface area contributed by atoms with Crippen LogP contribution in [-0.4, -0.2) is 30.0 Å². The molecule has 0 unspecified atom stereocenters. The molecule has 1 aromatic carbocycles. The molecular formula is C11H12N2O3. The van der Waals surface area contributed by atoms with Gasteiger partial charge in [-0.05, 0) is 18.2 Å². The minimum atomic E-state index is -0.346. The maximum Gasteiger partial charge on any atom is 0.337 e. The molecule has 0 N–H and O–H groups in total. The molecule has 0 saturated heterocycles. The van der Waals surface area contributed by atoms with Gasteiger partial charge in [0.05, 0.1) is 24.4 Å². The number of carbonyl (C=O) groups is 1. The fourth-order valence-corrected chi connectivity index (χ4v) is 1.56. The fourth-order valence-electron chi connectivity index (χ4n) is 1.56. The summed E-state index contributed by atoms with van der Waals surface area (Å²) >= 11 is 0. The zero-order valence-corrected chi connectivity index (χ0v) is 9.14. The van der Waals surface area contributed by atoms with E-state index in [1.165, 1.54) is 7.11 Å². The number of hydrogen-bond acceptors (Lipinski definition) is 4. The highest BCUT2D eigenvalue weighted by Crippen LogP contribution is 2.16. The first-order valence-electron chi connectivity index (χ1n) is 4.79. The molecule has 0 saturated carbocycles. The van der Waals surface area contributed by atoms with Crippen LogP contribution in [0, 0.1) is 0 Å². The molecule has 0 amide bonds. The second kappa shape index (κ2) is 4.32. The van der Waals surface area contributed by atoms with Crippen molar-refractivity contribution < 1.29 is 14.3 Å². The molecule has 2 rings (SSSR count). The Kier molecular flexibility index (Phi) is 2.87. The number of nitrogens with zero attached hydrogens (tertiary/aromatic N) is 2. The molecule has 1 heterocycles. The lowest BCUT2D eigenvalue weighted by Crippen LogP contribution is -2.02. The first kappa shape index (κ1) is 10.6. The Balaban J connectivity index is 2.44. The Morgan fingerprint density at radius 2 is 2.25 bits per heavy atom. The molecule has 16 heavy (non-hydrogen) atoms. The smallest absolute Gasteiger partial charge is 0.337 e. The van der Waals surface area contributed by atoms with Gasteiger partial charge in [0.1, 0.15) is 6.73 Å². The van der Waals surface area contributed by atoms with E-state index in [9.17, 15) is 4.79 Å². The minimum Gasteiger partial charge on any atom is -0.465 e. The van der Waals surface area contributed by atoms with Crippen LogP contribution in [-0.2, 0) is 16.2 Å².